The zero-order valence-electron chi connectivity index (χ0n) is 14.4. The van der Waals surface area contributed by atoms with Crippen molar-refractivity contribution in [1.29, 1.82) is 0 Å². The summed E-state index contributed by atoms with van der Waals surface area (Å²) in [5.41, 5.74) is -0.570. The lowest BCUT2D eigenvalue weighted by Crippen LogP contribution is -2.40. The first kappa shape index (κ1) is 19.4. The number of esters is 1. The zero-order valence-corrected chi connectivity index (χ0v) is 14.4. The van der Waals surface area contributed by atoms with Crippen LogP contribution in [0.25, 0.3) is 0 Å². The van der Waals surface area contributed by atoms with Crippen LogP contribution in [0.15, 0.2) is 53.0 Å². The number of carbonyl (C=O) groups excluding carboxylic acids is 1. The molecule has 130 valence electrons. The summed E-state index contributed by atoms with van der Waals surface area (Å²) < 4.78 is 10.3. The highest BCUT2D eigenvalue weighted by molar-refractivity contribution is 5.76. The Morgan fingerprint density at radius 1 is 1.33 bits per heavy atom. The van der Waals surface area contributed by atoms with Crippen molar-refractivity contribution >= 4 is 11.9 Å². The molecule has 1 atom stereocenters. The van der Waals surface area contributed by atoms with E-state index in [1.165, 1.54) is 27.2 Å². The first-order chi connectivity index (χ1) is 11.2. The molecule has 0 aliphatic rings. The SMILES string of the molecule is CC(=O)O[C@H](\C(C)=C/C=C\C=C\Cc1cnco1)C(C)(C)C(=O)O. The summed E-state index contributed by atoms with van der Waals surface area (Å²) in [4.78, 5) is 26.5. The number of rotatable bonds is 8. The van der Waals surface area contributed by atoms with Gasteiger partial charge in [0.2, 0.25) is 0 Å². The van der Waals surface area contributed by atoms with Crippen molar-refractivity contribution in [2.45, 2.75) is 40.2 Å². The molecule has 0 unspecified atom stereocenters. The van der Waals surface area contributed by atoms with Crippen molar-refractivity contribution in [3.63, 3.8) is 0 Å². The van der Waals surface area contributed by atoms with E-state index < -0.39 is 23.5 Å². The maximum atomic E-state index is 11.4. The number of carboxylic acid groups (broad SMARTS) is 1. The van der Waals surface area contributed by atoms with Crippen molar-refractivity contribution in [2.24, 2.45) is 5.41 Å². The Labute approximate surface area is 141 Å². The molecule has 6 heteroatoms. The number of carbonyl (C=O) groups is 2. The third-order valence-electron chi connectivity index (χ3n) is 3.42. The predicted octanol–water partition coefficient (Wildman–Crippen LogP) is 3.32. The Kier molecular flexibility index (Phi) is 7.17. The van der Waals surface area contributed by atoms with Gasteiger partial charge < -0.3 is 14.3 Å². The Morgan fingerprint density at radius 3 is 2.58 bits per heavy atom. The molecule has 0 spiro atoms. The molecular formula is C18H23NO5. The van der Waals surface area contributed by atoms with E-state index in [1.807, 2.05) is 12.2 Å². The summed E-state index contributed by atoms with van der Waals surface area (Å²) >= 11 is 0. The molecule has 1 aromatic heterocycles. The monoisotopic (exact) mass is 333 g/mol. The van der Waals surface area contributed by atoms with Crippen molar-refractivity contribution in [3.05, 3.63) is 54.3 Å². The van der Waals surface area contributed by atoms with Gasteiger partial charge in [0.05, 0.1) is 6.20 Å². The summed E-state index contributed by atoms with van der Waals surface area (Å²) in [7, 11) is 0. The van der Waals surface area contributed by atoms with Crippen LogP contribution in [0.5, 0.6) is 0 Å². The molecule has 0 saturated carbocycles. The number of aliphatic carboxylic acids is 1. The van der Waals surface area contributed by atoms with Gasteiger partial charge in [0.1, 0.15) is 17.3 Å². The topological polar surface area (TPSA) is 89.6 Å². The van der Waals surface area contributed by atoms with Crippen molar-refractivity contribution in [2.75, 3.05) is 0 Å². The standard InChI is InChI=1S/C18H23NO5/c1-13(16(24-14(2)20)18(3,4)17(21)22)9-7-5-6-8-10-15-11-19-12-23-15/h5-9,11-12,16H,10H2,1-4H3,(H,21,22)/b7-5-,8-6+,13-9-/t16-/m1/s1. The smallest absolute Gasteiger partial charge is 0.313 e. The van der Waals surface area contributed by atoms with Gasteiger partial charge in [-0.05, 0) is 26.3 Å². The van der Waals surface area contributed by atoms with E-state index in [1.54, 1.807) is 31.3 Å². The van der Waals surface area contributed by atoms with Crippen molar-refractivity contribution < 1.29 is 23.8 Å². The predicted molar refractivity (Wildman–Crippen MR) is 89.2 cm³/mol. The van der Waals surface area contributed by atoms with Crippen LogP contribution in [0.2, 0.25) is 0 Å². The minimum Gasteiger partial charge on any atom is -0.481 e. The maximum absolute atomic E-state index is 11.4. The molecule has 0 saturated heterocycles. The Morgan fingerprint density at radius 2 is 2.04 bits per heavy atom. The largest absolute Gasteiger partial charge is 0.481 e. The van der Waals surface area contributed by atoms with Gasteiger partial charge in [0.15, 0.2) is 6.39 Å². The molecule has 6 nitrogen and oxygen atoms in total. The second kappa shape index (κ2) is 8.86. The molecule has 0 aliphatic heterocycles. The van der Waals surface area contributed by atoms with Crippen LogP contribution in [-0.4, -0.2) is 28.1 Å². The number of carboxylic acids is 1. The van der Waals surface area contributed by atoms with E-state index in [2.05, 4.69) is 4.98 Å². The molecule has 1 rings (SSSR count). The van der Waals surface area contributed by atoms with Gasteiger partial charge in [-0.2, -0.15) is 0 Å². The van der Waals surface area contributed by atoms with Gasteiger partial charge in [0.25, 0.3) is 0 Å². The number of nitrogens with zero attached hydrogens (tertiary/aromatic N) is 1. The number of ether oxygens (including phenoxy) is 1. The molecule has 1 N–H and O–H groups in total. The van der Waals surface area contributed by atoms with Crippen LogP contribution in [-0.2, 0) is 20.7 Å². The van der Waals surface area contributed by atoms with Crippen LogP contribution in [0.4, 0.5) is 0 Å². The second-order valence-corrected chi connectivity index (χ2v) is 5.91. The second-order valence-electron chi connectivity index (χ2n) is 5.91. The van der Waals surface area contributed by atoms with E-state index in [4.69, 9.17) is 9.15 Å². The highest BCUT2D eigenvalue weighted by Gasteiger charge is 2.40. The molecular weight excluding hydrogens is 310 g/mol. The van der Waals surface area contributed by atoms with E-state index in [0.717, 1.165) is 5.76 Å². The number of oxazole rings is 1. The van der Waals surface area contributed by atoms with Crippen molar-refractivity contribution in [1.82, 2.24) is 4.98 Å². The maximum Gasteiger partial charge on any atom is 0.313 e. The van der Waals surface area contributed by atoms with Crippen LogP contribution >= 0.6 is 0 Å². The molecule has 0 aromatic carbocycles. The van der Waals surface area contributed by atoms with Crippen LogP contribution in [0.3, 0.4) is 0 Å². The van der Waals surface area contributed by atoms with Crippen LogP contribution in [0.1, 0.15) is 33.5 Å². The number of hydrogen-bond acceptors (Lipinski definition) is 5. The molecule has 0 radical (unpaired) electrons. The molecule has 1 heterocycles. The normalized spacial score (nSPS) is 14.2. The Hall–Kier alpha value is -2.63. The first-order valence-electron chi connectivity index (χ1n) is 7.53. The molecule has 1 aromatic rings. The molecule has 0 aliphatic carbocycles. The minimum absolute atomic E-state index is 0.516. The Balaban J connectivity index is 2.74. The van der Waals surface area contributed by atoms with Gasteiger partial charge in [-0.15, -0.1) is 0 Å². The van der Waals surface area contributed by atoms with E-state index in [0.29, 0.717) is 12.0 Å². The zero-order chi connectivity index (χ0) is 18.2. The summed E-state index contributed by atoms with van der Waals surface area (Å²) in [6.45, 7) is 6.06. The first-order valence-corrected chi connectivity index (χ1v) is 7.53. The van der Waals surface area contributed by atoms with E-state index in [9.17, 15) is 14.7 Å². The van der Waals surface area contributed by atoms with Gasteiger partial charge in [-0.25, -0.2) is 4.98 Å². The number of allylic oxidation sites excluding steroid dienone is 5. The summed E-state index contributed by atoms with van der Waals surface area (Å²) in [6.07, 6.45) is 11.9. The fourth-order valence-corrected chi connectivity index (χ4v) is 2.05. The average Bonchev–Trinajstić information content (AvgIpc) is 3.00. The lowest BCUT2D eigenvalue weighted by molar-refractivity contribution is -0.161. The Bertz CT molecular complexity index is 638. The van der Waals surface area contributed by atoms with Crippen LogP contribution < -0.4 is 0 Å². The molecule has 0 bridgehead atoms. The van der Waals surface area contributed by atoms with Gasteiger partial charge in [-0.3, -0.25) is 9.59 Å². The van der Waals surface area contributed by atoms with Crippen molar-refractivity contribution in [3.8, 4) is 0 Å². The molecule has 0 amide bonds. The van der Waals surface area contributed by atoms with Gasteiger partial charge in [0, 0.05) is 13.3 Å². The third-order valence-corrected chi connectivity index (χ3v) is 3.42. The lowest BCUT2D eigenvalue weighted by atomic mass is 9.82. The lowest BCUT2D eigenvalue weighted by Gasteiger charge is -2.30. The summed E-state index contributed by atoms with van der Waals surface area (Å²) in [6, 6.07) is 0. The molecule has 0 fully saturated rings. The summed E-state index contributed by atoms with van der Waals surface area (Å²) in [5.74, 6) is -0.778. The fourth-order valence-electron chi connectivity index (χ4n) is 2.05. The fraction of sp³-hybridized carbons (Fsp3) is 0.389. The third kappa shape index (κ3) is 5.87. The number of hydrogen-bond donors (Lipinski definition) is 1. The van der Waals surface area contributed by atoms with Crippen LogP contribution in [0, 0.1) is 5.41 Å². The van der Waals surface area contributed by atoms with Gasteiger partial charge in [-0.1, -0.05) is 30.4 Å². The summed E-state index contributed by atoms with van der Waals surface area (Å²) in [5, 5.41) is 9.34. The number of aromatic nitrogens is 1. The highest BCUT2D eigenvalue weighted by Crippen LogP contribution is 2.29. The quantitative estimate of drug-likeness (QED) is 0.580. The minimum atomic E-state index is -1.22. The van der Waals surface area contributed by atoms with Gasteiger partial charge >= 0.3 is 11.9 Å². The highest BCUT2D eigenvalue weighted by atomic mass is 16.5. The van der Waals surface area contributed by atoms with E-state index in [-0.39, 0.29) is 0 Å². The average molecular weight is 333 g/mol. The molecule has 24 heavy (non-hydrogen) atoms. The van der Waals surface area contributed by atoms with E-state index >= 15 is 0 Å².